The number of carbonyl (C=O) groups excluding carboxylic acids is 1. The number of carbonyl (C=O) groups is 1. The van der Waals surface area contributed by atoms with Crippen molar-refractivity contribution in [3.05, 3.63) is 59.2 Å². The Balaban J connectivity index is 1.75. The highest BCUT2D eigenvalue weighted by Crippen LogP contribution is 2.29. The number of hydrogen-bond acceptors (Lipinski definition) is 6. The van der Waals surface area contributed by atoms with Crippen LogP contribution in [0.5, 0.6) is 0 Å². The average molecular weight is 413 g/mol. The number of nitrogens with one attached hydrogen (secondary N) is 2. The van der Waals surface area contributed by atoms with Gasteiger partial charge in [-0.3, -0.25) is 0 Å². The molecule has 0 saturated heterocycles. The van der Waals surface area contributed by atoms with Crippen LogP contribution in [0.4, 0.5) is 11.4 Å². The number of methoxy groups -OCH3 is 1. The van der Waals surface area contributed by atoms with Crippen LogP contribution in [-0.4, -0.2) is 30.8 Å². The average Bonchev–Trinajstić information content (AvgIpc) is 2.79. The molecule has 1 unspecified atom stereocenters. The fraction of sp³-hybridized carbons (Fsp3) is 0.458. The van der Waals surface area contributed by atoms with Crippen molar-refractivity contribution in [1.82, 2.24) is 0 Å². The Bertz CT molecular complexity index is 816. The van der Waals surface area contributed by atoms with Crippen molar-refractivity contribution in [3.63, 3.8) is 0 Å². The number of anilines is 2. The monoisotopic (exact) mass is 412 g/mol. The van der Waals surface area contributed by atoms with Gasteiger partial charge >= 0.3 is 5.97 Å². The van der Waals surface area contributed by atoms with Crippen LogP contribution in [0.3, 0.4) is 0 Å². The van der Waals surface area contributed by atoms with Crippen molar-refractivity contribution in [2.24, 2.45) is 0 Å². The minimum absolute atomic E-state index is 0.317. The van der Waals surface area contributed by atoms with Gasteiger partial charge in [-0.15, -0.1) is 0 Å². The van der Waals surface area contributed by atoms with Crippen LogP contribution in [0.25, 0.3) is 0 Å². The maximum Gasteiger partial charge on any atom is 0.338 e. The second kappa shape index (κ2) is 11.0. The standard InChI is InChI=1S/C24H32N2O4/c1-3-30-24(28)19-13-14-21(26-20-7-5-4-6-8-20)22(15-19)25-16-17-9-11-18(12-10-17)23(27)29-2/h9-15,20,23,25-27H,3-8,16H2,1-2H3. The first-order valence-electron chi connectivity index (χ1n) is 10.7. The summed E-state index contributed by atoms with van der Waals surface area (Å²) in [6.07, 6.45) is 5.23. The molecule has 6 nitrogen and oxygen atoms in total. The predicted octanol–water partition coefficient (Wildman–Crippen LogP) is 4.86. The molecule has 3 N–H and O–H groups in total. The van der Waals surface area contributed by atoms with Gasteiger partial charge in [0.25, 0.3) is 0 Å². The van der Waals surface area contributed by atoms with E-state index >= 15 is 0 Å². The summed E-state index contributed by atoms with van der Waals surface area (Å²) in [6, 6.07) is 13.7. The predicted molar refractivity (Wildman–Crippen MR) is 119 cm³/mol. The Morgan fingerprint density at radius 1 is 1.10 bits per heavy atom. The fourth-order valence-electron chi connectivity index (χ4n) is 3.76. The summed E-state index contributed by atoms with van der Waals surface area (Å²) >= 11 is 0. The van der Waals surface area contributed by atoms with Gasteiger partial charge in [0.2, 0.25) is 0 Å². The van der Waals surface area contributed by atoms with E-state index in [1.165, 1.54) is 39.2 Å². The summed E-state index contributed by atoms with van der Waals surface area (Å²) in [4.78, 5) is 12.2. The van der Waals surface area contributed by atoms with Gasteiger partial charge in [0.05, 0.1) is 23.5 Å². The van der Waals surface area contributed by atoms with Gasteiger partial charge in [-0.1, -0.05) is 43.5 Å². The summed E-state index contributed by atoms with van der Waals surface area (Å²) in [5.41, 5.74) is 4.19. The van der Waals surface area contributed by atoms with Gasteiger partial charge < -0.3 is 25.2 Å². The molecule has 3 rings (SSSR count). The second-order valence-corrected chi connectivity index (χ2v) is 7.64. The SMILES string of the molecule is CCOC(=O)c1ccc(NC2CCCCC2)c(NCc2ccc(C(O)OC)cc2)c1. The Hall–Kier alpha value is -2.57. The topological polar surface area (TPSA) is 79.8 Å². The lowest BCUT2D eigenvalue weighted by Crippen LogP contribution is -2.23. The molecule has 6 heteroatoms. The van der Waals surface area contributed by atoms with Crippen molar-refractivity contribution >= 4 is 17.3 Å². The molecule has 0 bridgehead atoms. The number of aliphatic hydroxyl groups is 1. The van der Waals surface area contributed by atoms with E-state index in [-0.39, 0.29) is 5.97 Å². The van der Waals surface area contributed by atoms with E-state index in [1.54, 1.807) is 6.92 Å². The first kappa shape index (κ1) is 22.1. The zero-order valence-corrected chi connectivity index (χ0v) is 17.8. The number of hydrogen-bond donors (Lipinski definition) is 3. The molecule has 1 aliphatic carbocycles. The number of esters is 1. The first-order chi connectivity index (χ1) is 14.6. The van der Waals surface area contributed by atoms with E-state index in [2.05, 4.69) is 10.6 Å². The van der Waals surface area contributed by atoms with E-state index in [0.29, 0.717) is 30.3 Å². The largest absolute Gasteiger partial charge is 0.462 e. The Morgan fingerprint density at radius 3 is 2.50 bits per heavy atom. The lowest BCUT2D eigenvalue weighted by Gasteiger charge is -2.25. The van der Waals surface area contributed by atoms with Crippen molar-refractivity contribution in [3.8, 4) is 0 Å². The van der Waals surface area contributed by atoms with E-state index in [1.807, 2.05) is 42.5 Å². The molecule has 0 spiro atoms. The van der Waals surface area contributed by atoms with Gasteiger partial charge in [0, 0.05) is 25.3 Å². The summed E-state index contributed by atoms with van der Waals surface area (Å²) in [7, 11) is 1.47. The highest BCUT2D eigenvalue weighted by atomic mass is 16.6. The molecule has 2 aromatic rings. The molecule has 1 saturated carbocycles. The molecule has 0 amide bonds. The zero-order valence-electron chi connectivity index (χ0n) is 17.8. The van der Waals surface area contributed by atoms with Crippen molar-refractivity contribution < 1.29 is 19.4 Å². The van der Waals surface area contributed by atoms with Crippen LogP contribution in [0.2, 0.25) is 0 Å². The minimum Gasteiger partial charge on any atom is -0.462 e. The third-order valence-corrected chi connectivity index (χ3v) is 5.47. The van der Waals surface area contributed by atoms with Crippen LogP contribution in [-0.2, 0) is 16.0 Å². The van der Waals surface area contributed by atoms with Crippen molar-refractivity contribution in [1.29, 1.82) is 0 Å². The first-order valence-corrected chi connectivity index (χ1v) is 10.7. The summed E-state index contributed by atoms with van der Waals surface area (Å²) < 4.78 is 10.1. The number of rotatable bonds is 9. The van der Waals surface area contributed by atoms with Crippen LogP contribution in [0.15, 0.2) is 42.5 Å². The highest BCUT2D eigenvalue weighted by molar-refractivity contribution is 5.92. The van der Waals surface area contributed by atoms with Crippen LogP contribution >= 0.6 is 0 Å². The summed E-state index contributed by atoms with van der Waals surface area (Å²) in [6.45, 7) is 2.75. The molecule has 0 aromatic heterocycles. The van der Waals surface area contributed by atoms with Crippen LogP contribution < -0.4 is 10.6 Å². The van der Waals surface area contributed by atoms with E-state index in [9.17, 15) is 9.90 Å². The summed E-state index contributed by atoms with van der Waals surface area (Å²) in [5.74, 6) is -0.317. The number of benzene rings is 2. The Morgan fingerprint density at radius 2 is 1.83 bits per heavy atom. The van der Waals surface area contributed by atoms with Gasteiger partial charge in [-0.25, -0.2) is 4.79 Å². The fourth-order valence-corrected chi connectivity index (χ4v) is 3.76. The molecule has 2 aromatic carbocycles. The lowest BCUT2D eigenvalue weighted by atomic mass is 9.95. The smallest absolute Gasteiger partial charge is 0.338 e. The van der Waals surface area contributed by atoms with Gasteiger partial charge in [0.1, 0.15) is 0 Å². The molecule has 30 heavy (non-hydrogen) atoms. The summed E-state index contributed by atoms with van der Waals surface area (Å²) in [5, 5.41) is 16.9. The Labute approximate surface area is 178 Å². The second-order valence-electron chi connectivity index (χ2n) is 7.64. The van der Waals surface area contributed by atoms with E-state index in [4.69, 9.17) is 9.47 Å². The lowest BCUT2D eigenvalue weighted by molar-refractivity contribution is -0.0769. The van der Waals surface area contributed by atoms with E-state index in [0.717, 1.165) is 16.9 Å². The molecular formula is C24H32N2O4. The van der Waals surface area contributed by atoms with Crippen molar-refractivity contribution in [2.75, 3.05) is 24.4 Å². The van der Waals surface area contributed by atoms with Gasteiger partial charge in [0.15, 0.2) is 6.29 Å². The van der Waals surface area contributed by atoms with Crippen molar-refractivity contribution in [2.45, 2.75) is 57.9 Å². The Kier molecular flexibility index (Phi) is 8.11. The third kappa shape index (κ3) is 5.97. The molecule has 1 atom stereocenters. The van der Waals surface area contributed by atoms with Crippen LogP contribution in [0.1, 0.15) is 66.8 Å². The van der Waals surface area contributed by atoms with Crippen LogP contribution in [0, 0.1) is 0 Å². The molecule has 0 aliphatic heterocycles. The zero-order chi connectivity index (χ0) is 21.3. The molecule has 1 fully saturated rings. The third-order valence-electron chi connectivity index (χ3n) is 5.47. The number of aliphatic hydroxyl groups excluding tert-OH is 1. The number of ether oxygens (including phenoxy) is 2. The highest BCUT2D eigenvalue weighted by Gasteiger charge is 2.16. The minimum atomic E-state index is -0.917. The molecule has 0 radical (unpaired) electrons. The molecular weight excluding hydrogens is 380 g/mol. The normalized spacial score (nSPS) is 15.4. The maximum absolute atomic E-state index is 12.2. The molecule has 1 aliphatic rings. The maximum atomic E-state index is 12.2. The quantitative estimate of drug-likeness (QED) is 0.403. The molecule has 0 heterocycles. The molecule has 162 valence electrons. The van der Waals surface area contributed by atoms with Gasteiger partial charge in [-0.2, -0.15) is 0 Å². The van der Waals surface area contributed by atoms with E-state index < -0.39 is 6.29 Å². The van der Waals surface area contributed by atoms with Gasteiger partial charge in [-0.05, 0) is 43.5 Å².